The number of hydrogen-bond donors (Lipinski definition) is 1. The van der Waals surface area contributed by atoms with Crippen molar-refractivity contribution in [2.24, 2.45) is 11.7 Å². The van der Waals surface area contributed by atoms with Crippen LogP contribution in [-0.2, 0) is 0 Å². The lowest BCUT2D eigenvalue weighted by atomic mass is 9.66. The topological polar surface area (TPSA) is 29.3 Å². The average Bonchev–Trinajstić information content (AvgIpc) is 2.02. The SMILES string of the molecule is CN1CCC(C2(N)CCC2)CC1. The van der Waals surface area contributed by atoms with Crippen molar-refractivity contribution in [1.29, 1.82) is 0 Å². The van der Waals surface area contributed by atoms with Gasteiger partial charge in [0.1, 0.15) is 0 Å². The zero-order valence-electron chi connectivity index (χ0n) is 8.05. The van der Waals surface area contributed by atoms with Crippen LogP contribution in [0.3, 0.4) is 0 Å². The highest BCUT2D eigenvalue weighted by Gasteiger charge is 2.40. The Bertz CT molecular complexity index is 155. The van der Waals surface area contributed by atoms with E-state index >= 15 is 0 Å². The lowest BCUT2D eigenvalue weighted by molar-refractivity contribution is 0.0899. The van der Waals surface area contributed by atoms with Crippen LogP contribution in [-0.4, -0.2) is 30.6 Å². The number of nitrogens with zero attached hydrogens (tertiary/aromatic N) is 1. The number of nitrogens with two attached hydrogens (primary N) is 1. The minimum absolute atomic E-state index is 0.251. The molecule has 1 heterocycles. The van der Waals surface area contributed by atoms with E-state index in [0.717, 1.165) is 5.92 Å². The standard InChI is InChI=1S/C10H20N2/c1-12-7-3-9(4-8-12)10(11)5-2-6-10/h9H,2-8,11H2,1H3. The van der Waals surface area contributed by atoms with Gasteiger partial charge in [-0.05, 0) is 58.2 Å². The summed E-state index contributed by atoms with van der Waals surface area (Å²) < 4.78 is 0. The van der Waals surface area contributed by atoms with Crippen LogP contribution in [0.15, 0.2) is 0 Å². The van der Waals surface area contributed by atoms with Gasteiger partial charge in [-0.1, -0.05) is 0 Å². The van der Waals surface area contributed by atoms with Crippen LogP contribution in [0.1, 0.15) is 32.1 Å². The molecule has 0 aromatic rings. The Labute approximate surface area is 75.1 Å². The molecule has 1 aliphatic heterocycles. The summed E-state index contributed by atoms with van der Waals surface area (Å²) in [5, 5.41) is 0. The average molecular weight is 168 g/mol. The van der Waals surface area contributed by atoms with Gasteiger partial charge in [0.05, 0.1) is 0 Å². The largest absolute Gasteiger partial charge is 0.325 e. The van der Waals surface area contributed by atoms with Crippen molar-refractivity contribution in [2.45, 2.75) is 37.6 Å². The van der Waals surface area contributed by atoms with Crippen LogP contribution in [0.25, 0.3) is 0 Å². The molecule has 1 aliphatic carbocycles. The lowest BCUT2D eigenvalue weighted by Crippen LogP contribution is -2.55. The van der Waals surface area contributed by atoms with E-state index in [-0.39, 0.29) is 5.54 Å². The van der Waals surface area contributed by atoms with E-state index in [1.54, 1.807) is 0 Å². The van der Waals surface area contributed by atoms with Crippen molar-refractivity contribution in [3.05, 3.63) is 0 Å². The first kappa shape index (κ1) is 8.52. The molecule has 0 aromatic heterocycles. The summed E-state index contributed by atoms with van der Waals surface area (Å²) in [4.78, 5) is 2.42. The molecule has 2 aliphatic rings. The molecule has 1 saturated heterocycles. The van der Waals surface area contributed by atoms with Crippen LogP contribution in [0.5, 0.6) is 0 Å². The van der Waals surface area contributed by atoms with Gasteiger partial charge in [-0.25, -0.2) is 0 Å². The van der Waals surface area contributed by atoms with E-state index in [2.05, 4.69) is 11.9 Å². The second kappa shape index (κ2) is 3.00. The second-order valence-electron chi connectivity index (χ2n) is 4.66. The van der Waals surface area contributed by atoms with E-state index in [1.807, 2.05) is 0 Å². The van der Waals surface area contributed by atoms with Crippen molar-refractivity contribution in [1.82, 2.24) is 4.90 Å². The third-order valence-corrected chi connectivity index (χ3v) is 3.82. The number of rotatable bonds is 1. The molecular weight excluding hydrogens is 148 g/mol. The van der Waals surface area contributed by atoms with E-state index in [4.69, 9.17) is 5.73 Å². The molecule has 2 heteroatoms. The first-order valence-corrected chi connectivity index (χ1v) is 5.18. The minimum atomic E-state index is 0.251. The number of piperidine rings is 1. The van der Waals surface area contributed by atoms with Gasteiger partial charge >= 0.3 is 0 Å². The van der Waals surface area contributed by atoms with Gasteiger partial charge in [0.25, 0.3) is 0 Å². The Morgan fingerprint density at radius 3 is 2.25 bits per heavy atom. The van der Waals surface area contributed by atoms with Crippen LogP contribution < -0.4 is 5.73 Å². The molecular formula is C10H20N2. The molecule has 0 spiro atoms. The Kier molecular flexibility index (Phi) is 2.13. The maximum atomic E-state index is 6.30. The molecule has 0 radical (unpaired) electrons. The van der Waals surface area contributed by atoms with Gasteiger partial charge in [-0.15, -0.1) is 0 Å². The summed E-state index contributed by atoms with van der Waals surface area (Å²) in [5.41, 5.74) is 6.56. The predicted molar refractivity (Wildman–Crippen MR) is 51.0 cm³/mol. The monoisotopic (exact) mass is 168 g/mol. The van der Waals surface area contributed by atoms with Crippen molar-refractivity contribution >= 4 is 0 Å². The van der Waals surface area contributed by atoms with Gasteiger partial charge < -0.3 is 10.6 Å². The zero-order valence-corrected chi connectivity index (χ0v) is 8.05. The molecule has 2 nitrogen and oxygen atoms in total. The van der Waals surface area contributed by atoms with Crippen molar-refractivity contribution in [2.75, 3.05) is 20.1 Å². The molecule has 0 bridgehead atoms. The third-order valence-electron chi connectivity index (χ3n) is 3.82. The fourth-order valence-corrected chi connectivity index (χ4v) is 2.58. The summed E-state index contributed by atoms with van der Waals surface area (Å²) in [6.07, 6.45) is 6.58. The summed E-state index contributed by atoms with van der Waals surface area (Å²) >= 11 is 0. The highest BCUT2D eigenvalue weighted by atomic mass is 15.1. The normalized spacial score (nSPS) is 31.5. The van der Waals surface area contributed by atoms with Gasteiger partial charge in [-0.2, -0.15) is 0 Å². The van der Waals surface area contributed by atoms with Crippen LogP contribution in [0, 0.1) is 5.92 Å². The molecule has 12 heavy (non-hydrogen) atoms. The molecule has 2 rings (SSSR count). The molecule has 70 valence electrons. The minimum Gasteiger partial charge on any atom is -0.325 e. The molecule has 2 N–H and O–H groups in total. The van der Waals surface area contributed by atoms with Gasteiger partial charge in [-0.3, -0.25) is 0 Å². The second-order valence-corrected chi connectivity index (χ2v) is 4.66. The Morgan fingerprint density at radius 2 is 1.83 bits per heavy atom. The van der Waals surface area contributed by atoms with Crippen molar-refractivity contribution < 1.29 is 0 Å². The van der Waals surface area contributed by atoms with Crippen LogP contribution >= 0.6 is 0 Å². The van der Waals surface area contributed by atoms with E-state index in [0.29, 0.717) is 0 Å². The Hall–Kier alpha value is -0.0800. The first-order valence-electron chi connectivity index (χ1n) is 5.18. The van der Waals surface area contributed by atoms with Crippen LogP contribution in [0.2, 0.25) is 0 Å². The summed E-state index contributed by atoms with van der Waals surface area (Å²) in [6.45, 7) is 2.51. The fraction of sp³-hybridized carbons (Fsp3) is 1.00. The molecule has 0 amide bonds. The molecule has 0 unspecified atom stereocenters. The van der Waals surface area contributed by atoms with Gasteiger partial charge in [0, 0.05) is 5.54 Å². The van der Waals surface area contributed by atoms with Gasteiger partial charge in [0.15, 0.2) is 0 Å². The van der Waals surface area contributed by atoms with E-state index in [9.17, 15) is 0 Å². The van der Waals surface area contributed by atoms with E-state index < -0.39 is 0 Å². The molecule has 2 fully saturated rings. The number of hydrogen-bond acceptors (Lipinski definition) is 2. The highest BCUT2D eigenvalue weighted by Crippen LogP contribution is 2.40. The summed E-state index contributed by atoms with van der Waals surface area (Å²) in [6, 6.07) is 0. The first-order chi connectivity index (χ1) is 5.71. The predicted octanol–water partition coefficient (Wildman–Crippen LogP) is 1.21. The molecule has 0 aromatic carbocycles. The quantitative estimate of drug-likeness (QED) is 0.637. The van der Waals surface area contributed by atoms with E-state index in [1.165, 1.54) is 45.2 Å². The number of likely N-dealkylation sites (tertiary alicyclic amines) is 1. The maximum Gasteiger partial charge on any atom is 0.0183 e. The fourth-order valence-electron chi connectivity index (χ4n) is 2.58. The smallest absolute Gasteiger partial charge is 0.0183 e. The van der Waals surface area contributed by atoms with Crippen LogP contribution in [0.4, 0.5) is 0 Å². The highest BCUT2D eigenvalue weighted by molar-refractivity contribution is 4.99. The lowest BCUT2D eigenvalue weighted by Gasteiger charge is -2.47. The molecule has 0 atom stereocenters. The summed E-state index contributed by atoms with van der Waals surface area (Å²) in [5.74, 6) is 0.822. The summed E-state index contributed by atoms with van der Waals surface area (Å²) in [7, 11) is 2.21. The third kappa shape index (κ3) is 1.38. The van der Waals surface area contributed by atoms with Crippen molar-refractivity contribution in [3.8, 4) is 0 Å². The molecule has 1 saturated carbocycles. The van der Waals surface area contributed by atoms with Gasteiger partial charge in [0.2, 0.25) is 0 Å². The Morgan fingerprint density at radius 1 is 1.25 bits per heavy atom. The Balaban J connectivity index is 1.88. The van der Waals surface area contributed by atoms with Crippen molar-refractivity contribution in [3.63, 3.8) is 0 Å². The zero-order chi connectivity index (χ0) is 8.60. The maximum absolute atomic E-state index is 6.30.